The molecule has 29 heavy (non-hydrogen) atoms. The highest BCUT2D eigenvalue weighted by Crippen LogP contribution is 2.22. The third-order valence-electron chi connectivity index (χ3n) is 5.06. The second-order valence-electron chi connectivity index (χ2n) is 7.08. The number of hydrogen-bond acceptors (Lipinski definition) is 6. The summed E-state index contributed by atoms with van der Waals surface area (Å²) < 4.78 is 18.1. The van der Waals surface area contributed by atoms with Gasteiger partial charge in [-0.25, -0.2) is 0 Å². The Morgan fingerprint density at radius 2 is 2.00 bits per heavy atom. The molecular weight excluding hydrogens is 390 g/mol. The number of nitrogens with zero attached hydrogens (tertiary/aromatic N) is 1. The van der Waals surface area contributed by atoms with Crippen LogP contribution < -0.4 is 4.74 Å². The minimum absolute atomic E-state index is 0.150. The Kier molecular flexibility index (Phi) is 7.39. The Balaban J connectivity index is 1.50. The maximum absolute atomic E-state index is 12.6. The number of aryl methyl sites for hydroxylation is 1. The quantitative estimate of drug-likeness (QED) is 0.351. The molecule has 1 aliphatic rings. The van der Waals surface area contributed by atoms with Crippen LogP contribution in [0.4, 0.5) is 0 Å². The molecule has 0 spiro atoms. The predicted molar refractivity (Wildman–Crippen MR) is 112 cm³/mol. The molecule has 0 aliphatic carbocycles. The van der Waals surface area contributed by atoms with Crippen molar-refractivity contribution in [1.29, 1.82) is 0 Å². The summed E-state index contributed by atoms with van der Waals surface area (Å²) in [6.45, 7) is 5.22. The van der Waals surface area contributed by atoms with Gasteiger partial charge in [0.2, 0.25) is 5.78 Å². The van der Waals surface area contributed by atoms with Crippen LogP contribution in [0.3, 0.4) is 0 Å². The molecule has 0 amide bonds. The van der Waals surface area contributed by atoms with E-state index in [0.29, 0.717) is 5.56 Å². The molecule has 0 bridgehead atoms. The van der Waals surface area contributed by atoms with Gasteiger partial charge >= 0.3 is 5.97 Å². The van der Waals surface area contributed by atoms with Gasteiger partial charge in [-0.05, 0) is 57.0 Å². The van der Waals surface area contributed by atoms with Gasteiger partial charge in [-0.3, -0.25) is 9.59 Å². The first-order chi connectivity index (χ1) is 14.0. The van der Waals surface area contributed by atoms with Crippen molar-refractivity contribution in [2.45, 2.75) is 44.2 Å². The molecule has 1 atom stereocenters. The van der Waals surface area contributed by atoms with Crippen LogP contribution in [0.15, 0.2) is 35.2 Å². The summed E-state index contributed by atoms with van der Waals surface area (Å²) in [5.74, 6) is 0.323. The second-order valence-corrected chi connectivity index (χ2v) is 8.13. The van der Waals surface area contributed by atoms with Crippen molar-refractivity contribution in [3.05, 3.63) is 47.3 Å². The Morgan fingerprint density at radius 1 is 1.24 bits per heavy atom. The predicted octanol–water partition coefficient (Wildman–Crippen LogP) is 3.81. The smallest absolute Gasteiger partial charge is 0.316 e. The lowest BCUT2D eigenvalue weighted by atomic mass is 10.1. The average Bonchev–Trinajstić information content (AvgIpc) is 3.34. The van der Waals surface area contributed by atoms with Gasteiger partial charge in [0, 0.05) is 35.0 Å². The maximum atomic E-state index is 12.6. The fraction of sp³-hybridized carbons (Fsp3) is 0.455. The largest absolute Gasteiger partial charge is 0.497 e. The highest BCUT2D eigenvalue weighted by atomic mass is 32.2. The standard InChI is InChI=1S/C22H27NO5S/c1-15-11-20(16(2)23(15)12-18-5-4-10-27-18)21(24)13-28-22(25)14-29-19-8-6-17(26-3)7-9-19/h6-9,11,18H,4-5,10,12-14H2,1-3H3/t18-/m0/s1. The van der Waals surface area contributed by atoms with Crippen molar-refractivity contribution in [1.82, 2.24) is 4.57 Å². The van der Waals surface area contributed by atoms with Crippen LogP contribution in [-0.2, 0) is 20.8 Å². The first kappa shape index (κ1) is 21.5. The molecule has 0 N–H and O–H groups in total. The highest BCUT2D eigenvalue weighted by molar-refractivity contribution is 8.00. The van der Waals surface area contributed by atoms with E-state index in [1.54, 1.807) is 7.11 Å². The van der Waals surface area contributed by atoms with Gasteiger partial charge in [-0.2, -0.15) is 0 Å². The molecule has 0 unspecified atom stereocenters. The lowest BCUT2D eigenvalue weighted by Crippen LogP contribution is -2.18. The number of thioether (sulfide) groups is 1. The zero-order valence-corrected chi connectivity index (χ0v) is 17.9. The number of carbonyl (C=O) groups is 2. The van der Waals surface area contributed by atoms with Gasteiger partial charge < -0.3 is 18.8 Å². The van der Waals surface area contributed by atoms with E-state index in [1.165, 1.54) is 11.8 Å². The zero-order chi connectivity index (χ0) is 20.8. The van der Waals surface area contributed by atoms with Crippen LogP contribution in [0.25, 0.3) is 0 Å². The van der Waals surface area contributed by atoms with Gasteiger partial charge in [-0.15, -0.1) is 11.8 Å². The third-order valence-corrected chi connectivity index (χ3v) is 6.05. The van der Waals surface area contributed by atoms with Gasteiger partial charge in [0.05, 0.1) is 19.0 Å². The molecule has 2 aromatic rings. The fourth-order valence-electron chi connectivity index (χ4n) is 3.44. The van der Waals surface area contributed by atoms with Crippen molar-refractivity contribution >= 4 is 23.5 Å². The highest BCUT2D eigenvalue weighted by Gasteiger charge is 2.21. The molecule has 1 saturated heterocycles. The Labute approximate surface area is 175 Å². The molecule has 1 fully saturated rings. The Bertz CT molecular complexity index is 853. The van der Waals surface area contributed by atoms with E-state index >= 15 is 0 Å². The molecule has 7 heteroatoms. The number of benzene rings is 1. The van der Waals surface area contributed by atoms with Crippen LogP contribution >= 0.6 is 11.8 Å². The number of aromatic nitrogens is 1. The number of Topliss-reactive ketones (excluding diaryl/α,β-unsaturated/α-hetero) is 1. The third kappa shape index (κ3) is 5.64. The number of ketones is 1. The number of methoxy groups -OCH3 is 1. The number of carbonyl (C=O) groups excluding carboxylic acids is 2. The van der Waals surface area contributed by atoms with Crippen LogP contribution in [0.1, 0.15) is 34.6 Å². The molecule has 1 aliphatic heterocycles. The summed E-state index contributed by atoms with van der Waals surface area (Å²) in [5.41, 5.74) is 2.52. The molecule has 6 nitrogen and oxygen atoms in total. The first-order valence-electron chi connectivity index (χ1n) is 9.72. The van der Waals surface area contributed by atoms with E-state index in [-0.39, 0.29) is 24.2 Å². The summed E-state index contributed by atoms with van der Waals surface area (Å²) in [4.78, 5) is 25.5. The van der Waals surface area contributed by atoms with Crippen molar-refractivity contribution < 1.29 is 23.8 Å². The average molecular weight is 418 g/mol. The number of ether oxygens (including phenoxy) is 3. The Morgan fingerprint density at radius 3 is 2.66 bits per heavy atom. The van der Waals surface area contributed by atoms with Crippen molar-refractivity contribution in [3.63, 3.8) is 0 Å². The molecule has 0 saturated carbocycles. The van der Waals surface area contributed by atoms with Crippen LogP contribution in [0.5, 0.6) is 5.75 Å². The number of rotatable bonds is 9. The SMILES string of the molecule is COc1ccc(SCC(=O)OCC(=O)c2cc(C)n(C[C@@H]3CCCO3)c2C)cc1. The van der Waals surface area contributed by atoms with E-state index in [0.717, 1.165) is 48.0 Å². The van der Waals surface area contributed by atoms with Gasteiger partial charge in [0.15, 0.2) is 6.61 Å². The van der Waals surface area contributed by atoms with E-state index in [9.17, 15) is 9.59 Å². The lowest BCUT2D eigenvalue weighted by molar-refractivity contribution is -0.139. The monoisotopic (exact) mass is 417 g/mol. The summed E-state index contributed by atoms with van der Waals surface area (Å²) in [7, 11) is 1.61. The van der Waals surface area contributed by atoms with E-state index in [4.69, 9.17) is 14.2 Å². The van der Waals surface area contributed by atoms with E-state index in [2.05, 4.69) is 4.57 Å². The van der Waals surface area contributed by atoms with Gasteiger partial charge in [0.1, 0.15) is 5.75 Å². The second kappa shape index (κ2) is 9.98. The summed E-state index contributed by atoms with van der Waals surface area (Å²) in [6, 6.07) is 9.30. The summed E-state index contributed by atoms with van der Waals surface area (Å²) in [5, 5.41) is 0. The Hall–Kier alpha value is -2.25. The van der Waals surface area contributed by atoms with Crippen molar-refractivity contribution in [2.75, 3.05) is 26.1 Å². The minimum Gasteiger partial charge on any atom is -0.497 e. The molecule has 3 rings (SSSR count). The van der Waals surface area contributed by atoms with Crippen LogP contribution in [-0.4, -0.2) is 48.5 Å². The van der Waals surface area contributed by atoms with E-state index in [1.807, 2.05) is 44.2 Å². The number of hydrogen-bond donors (Lipinski definition) is 0. The van der Waals surface area contributed by atoms with Crippen molar-refractivity contribution in [3.8, 4) is 5.75 Å². The minimum atomic E-state index is -0.410. The van der Waals surface area contributed by atoms with Crippen LogP contribution in [0, 0.1) is 13.8 Å². The topological polar surface area (TPSA) is 66.8 Å². The molecule has 2 heterocycles. The number of esters is 1. The lowest BCUT2D eigenvalue weighted by Gasteiger charge is -2.14. The normalized spacial score (nSPS) is 16.0. The van der Waals surface area contributed by atoms with Crippen molar-refractivity contribution in [2.24, 2.45) is 0 Å². The summed E-state index contributed by atoms with van der Waals surface area (Å²) >= 11 is 1.36. The first-order valence-corrected chi connectivity index (χ1v) is 10.7. The molecule has 156 valence electrons. The molecule has 0 radical (unpaired) electrons. The fourth-order valence-corrected chi connectivity index (χ4v) is 4.13. The zero-order valence-electron chi connectivity index (χ0n) is 17.1. The van der Waals surface area contributed by atoms with E-state index < -0.39 is 5.97 Å². The summed E-state index contributed by atoms with van der Waals surface area (Å²) in [6.07, 6.45) is 2.33. The molecule has 1 aromatic heterocycles. The van der Waals surface area contributed by atoms with Crippen LogP contribution in [0.2, 0.25) is 0 Å². The molecular formula is C22H27NO5S. The molecule has 1 aromatic carbocycles. The maximum Gasteiger partial charge on any atom is 0.316 e. The van der Waals surface area contributed by atoms with Gasteiger partial charge in [0.25, 0.3) is 0 Å². The van der Waals surface area contributed by atoms with Gasteiger partial charge in [-0.1, -0.05) is 0 Å².